The molecule has 0 aliphatic rings. The van der Waals surface area contributed by atoms with Gasteiger partial charge in [0.25, 0.3) is 0 Å². The summed E-state index contributed by atoms with van der Waals surface area (Å²) >= 11 is 0. The van der Waals surface area contributed by atoms with Crippen molar-refractivity contribution in [3.63, 3.8) is 0 Å². The van der Waals surface area contributed by atoms with Gasteiger partial charge in [-0.05, 0) is 26.2 Å². The maximum atomic E-state index is 5.62. The minimum atomic E-state index is -1.81. The Kier molecular flexibility index (Phi) is 11.6. The summed E-state index contributed by atoms with van der Waals surface area (Å²) in [6.07, 6.45) is 4.99. The van der Waals surface area contributed by atoms with E-state index in [1.54, 1.807) is 0 Å². The Balaban J connectivity index is 3.32. The van der Waals surface area contributed by atoms with Gasteiger partial charge in [0, 0.05) is 19.8 Å². The van der Waals surface area contributed by atoms with Crippen LogP contribution < -0.4 is 0 Å². The second-order valence-electron chi connectivity index (χ2n) is 4.31. The summed E-state index contributed by atoms with van der Waals surface area (Å²) in [4.78, 5) is 0. The Morgan fingerprint density at radius 3 is 2.00 bits per heavy atom. The highest BCUT2D eigenvalue weighted by molar-refractivity contribution is 6.36. The summed E-state index contributed by atoms with van der Waals surface area (Å²) in [5, 5.41) is 0. The van der Waals surface area contributed by atoms with E-state index in [0.29, 0.717) is 13.2 Å². The van der Waals surface area contributed by atoms with Crippen LogP contribution in [0.2, 0.25) is 0 Å². The zero-order chi connectivity index (χ0) is 12.2. The molecule has 0 bridgehead atoms. The molecule has 0 fully saturated rings. The van der Waals surface area contributed by atoms with Gasteiger partial charge in [-0.15, -0.1) is 0 Å². The van der Waals surface area contributed by atoms with Gasteiger partial charge in [-0.2, -0.15) is 0 Å². The fourth-order valence-corrected chi connectivity index (χ4v) is 2.62. The lowest BCUT2D eigenvalue weighted by molar-refractivity contribution is 0.100. The van der Waals surface area contributed by atoms with Gasteiger partial charge in [0.15, 0.2) is 0 Å². The van der Waals surface area contributed by atoms with Crippen molar-refractivity contribution < 1.29 is 13.3 Å². The number of hydrogen-bond donors (Lipinski definition) is 0. The monoisotopic (exact) mass is 248 g/mol. The maximum Gasteiger partial charge on any atom is 0.484 e. The van der Waals surface area contributed by atoms with Crippen LogP contribution >= 0.6 is 0 Å². The molecule has 0 saturated carbocycles. The van der Waals surface area contributed by atoms with Gasteiger partial charge in [0.1, 0.15) is 0 Å². The van der Waals surface area contributed by atoms with Gasteiger partial charge < -0.3 is 13.3 Å². The van der Waals surface area contributed by atoms with E-state index in [-0.39, 0.29) is 0 Å². The summed E-state index contributed by atoms with van der Waals surface area (Å²) in [5.41, 5.74) is 0. The summed E-state index contributed by atoms with van der Waals surface area (Å²) in [6, 6.07) is 0. The second kappa shape index (κ2) is 11.6. The maximum absolute atomic E-state index is 5.62. The molecule has 4 heteroatoms. The second-order valence-corrected chi connectivity index (χ2v) is 5.89. The number of unbranched alkanes of at least 4 members (excludes halogenated alkanes) is 2. The molecule has 0 atom stereocenters. The zero-order valence-electron chi connectivity index (χ0n) is 11.3. The lowest BCUT2D eigenvalue weighted by Crippen LogP contribution is -2.27. The van der Waals surface area contributed by atoms with E-state index in [9.17, 15) is 0 Å². The van der Waals surface area contributed by atoms with Gasteiger partial charge >= 0.3 is 9.53 Å². The summed E-state index contributed by atoms with van der Waals surface area (Å²) in [6.45, 7) is 10.6. The predicted molar refractivity (Wildman–Crippen MR) is 69.7 cm³/mol. The van der Waals surface area contributed by atoms with Gasteiger partial charge in [0.2, 0.25) is 0 Å². The molecule has 0 aromatic carbocycles. The van der Waals surface area contributed by atoms with Gasteiger partial charge in [0.05, 0.1) is 0 Å². The molecule has 0 aromatic heterocycles. The normalized spacial score (nSPS) is 11.6. The third-order valence-corrected chi connectivity index (χ3v) is 4.00. The van der Waals surface area contributed by atoms with Crippen LogP contribution in [0.1, 0.15) is 53.4 Å². The van der Waals surface area contributed by atoms with Crippen molar-refractivity contribution >= 4 is 9.53 Å². The van der Waals surface area contributed by atoms with Crippen LogP contribution in [0, 0.1) is 5.92 Å². The summed E-state index contributed by atoms with van der Waals surface area (Å²) in [5.74, 6) is 0.815. The first-order valence-electron chi connectivity index (χ1n) is 6.55. The molecular weight excluding hydrogens is 220 g/mol. The fourth-order valence-electron chi connectivity index (χ4n) is 1.43. The Bertz CT molecular complexity index is 136. The average Bonchev–Trinajstić information content (AvgIpc) is 2.23. The lowest BCUT2D eigenvalue weighted by atomic mass is 10.1. The highest BCUT2D eigenvalue weighted by Gasteiger charge is 2.12. The van der Waals surface area contributed by atoms with Crippen molar-refractivity contribution in [2.75, 3.05) is 19.8 Å². The van der Waals surface area contributed by atoms with Crippen molar-refractivity contribution in [1.82, 2.24) is 0 Å². The molecule has 0 aliphatic carbocycles. The Morgan fingerprint density at radius 2 is 1.50 bits per heavy atom. The number of hydrogen-bond acceptors (Lipinski definition) is 3. The van der Waals surface area contributed by atoms with E-state index in [1.807, 2.05) is 13.8 Å². The SMILES string of the molecule is CCO[SiH](OCC)OCCCCCC(C)C. The van der Waals surface area contributed by atoms with Crippen LogP contribution in [0.4, 0.5) is 0 Å². The molecule has 0 rings (SSSR count). The predicted octanol–water partition coefficient (Wildman–Crippen LogP) is 3.01. The molecule has 0 N–H and O–H groups in total. The van der Waals surface area contributed by atoms with Crippen LogP contribution in [0.5, 0.6) is 0 Å². The highest BCUT2D eigenvalue weighted by atomic mass is 28.3. The molecule has 0 radical (unpaired) electrons. The Hall–Kier alpha value is 0.0969. The van der Waals surface area contributed by atoms with E-state index in [2.05, 4.69) is 13.8 Å². The van der Waals surface area contributed by atoms with Crippen LogP contribution in [0.15, 0.2) is 0 Å². The first-order chi connectivity index (χ1) is 7.70. The smallest absolute Gasteiger partial charge is 0.376 e. The molecule has 0 spiro atoms. The third kappa shape index (κ3) is 10.6. The van der Waals surface area contributed by atoms with Gasteiger partial charge in [-0.3, -0.25) is 0 Å². The molecule has 0 aromatic rings. The summed E-state index contributed by atoms with van der Waals surface area (Å²) in [7, 11) is -1.81. The molecule has 0 saturated heterocycles. The minimum Gasteiger partial charge on any atom is -0.376 e. The van der Waals surface area contributed by atoms with Crippen LogP contribution in [0.25, 0.3) is 0 Å². The molecule has 98 valence electrons. The first-order valence-corrected chi connectivity index (χ1v) is 7.96. The third-order valence-electron chi connectivity index (χ3n) is 2.29. The van der Waals surface area contributed by atoms with Crippen molar-refractivity contribution in [2.24, 2.45) is 5.92 Å². The molecule has 0 amide bonds. The fraction of sp³-hybridized carbons (Fsp3) is 1.00. The first kappa shape index (κ1) is 16.1. The minimum absolute atomic E-state index is 0.685. The largest absolute Gasteiger partial charge is 0.484 e. The number of rotatable bonds is 11. The van der Waals surface area contributed by atoms with E-state index < -0.39 is 9.53 Å². The molecular formula is C12H28O3Si. The van der Waals surface area contributed by atoms with Gasteiger partial charge in [-0.1, -0.05) is 33.1 Å². The van der Waals surface area contributed by atoms with E-state index >= 15 is 0 Å². The Morgan fingerprint density at radius 1 is 0.875 bits per heavy atom. The molecule has 0 heterocycles. The lowest BCUT2D eigenvalue weighted by Gasteiger charge is -2.14. The quantitative estimate of drug-likeness (QED) is 0.415. The molecule has 0 aliphatic heterocycles. The van der Waals surface area contributed by atoms with Crippen LogP contribution in [-0.2, 0) is 13.3 Å². The highest BCUT2D eigenvalue weighted by Crippen LogP contribution is 2.08. The molecule has 3 nitrogen and oxygen atoms in total. The van der Waals surface area contributed by atoms with Crippen LogP contribution in [-0.4, -0.2) is 29.3 Å². The van der Waals surface area contributed by atoms with Crippen molar-refractivity contribution in [2.45, 2.75) is 53.4 Å². The van der Waals surface area contributed by atoms with Crippen molar-refractivity contribution in [3.8, 4) is 0 Å². The van der Waals surface area contributed by atoms with Crippen molar-refractivity contribution in [3.05, 3.63) is 0 Å². The van der Waals surface area contributed by atoms with Crippen molar-refractivity contribution in [1.29, 1.82) is 0 Å². The standard InChI is InChI=1S/C12H28O3Si/c1-5-13-16(14-6-2)15-11-9-7-8-10-12(3)4/h12,16H,5-11H2,1-4H3. The van der Waals surface area contributed by atoms with E-state index in [1.165, 1.54) is 19.3 Å². The topological polar surface area (TPSA) is 27.7 Å². The molecule has 16 heavy (non-hydrogen) atoms. The van der Waals surface area contributed by atoms with E-state index in [4.69, 9.17) is 13.3 Å². The average molecular weight is 248 g/mol. The Labute approximate surface area is 102 Å². The summed E-state index contributed by atoms with van der Waals surface area (Å²) < 4.78 is 16.5. The zero-order valence-corrected chi connectivity index (χ0v) is 12.5. The van der Waals surface area contributed by atoms with E-state index in [0.717, 1.165) is 18.9 Å². The van der Waals surface area contributed by atoms with Crippen LogP contribution in [0.3, 0.4) is 0 Å². The molecule has 0 unspecified atom stereocenters. The van der Waals surface area contributed by atoms with Gasteiger partial charge in [-0.25, -0.2) is 0 Å².